The highest BCUT2D eigenvalue weighted by Crippen LogP contribution is 2.42. The van der Waals surface area contributed by atoms with Crippen molar-refractivity contribution in [1.82, 2.24) is 5.32 Å². The molecule has 96 valence electrons. The molecule has 17 heavy (non-hydrogen) atoms. The summed E-state index contributed by atoms with van der Waals surface area (Å²) in [5.41, 5.74) is 1.46. The first-order valence-electron chi connectivity index (χ1n) is 7.08. The van der Waals surface area contributed by atoms with Crippen molar-refractivity contribution < 1.29 is 9.47 Å². The Hall–Kier alpha value is -0.540. The predicted octanol–water partition coefficient (Wildman–Crippen LogP) is 2.23. The first kappa shape index (κ1) is 11.5. The normalized spacial score (nSPS) is 37.7. The van der Waals surface area contributed by atoms with Crippen LogP contribution in [0.25, 0.3) is 0 Å². The molecule has 3 aliphatic rings. The van der Waals surface area contributed by atoms with Gasteiger partial charge < -0.3 is 14.8 Å². The Morgan fingerprint density at radius 1 is 1.47 bits per heavy atom. The van der Waals surface area contributed by atoms with Crippen LogP contribution in [0.4, 0.5) is 0 Å². The molecule has 3 nitrogen and oxygen atoms in total. The highest BCUT2D eigenvalue weighted by Gasteiger charge is 2.45. The van der Waals surface area contributed by atoms with Crippen LogP contribution in [-0.2, 0) is 9.47 Å². The molecule has 3 heteroatoms. The summed E-state index contributed by atoms with van der Waals surface area (Å²) in [4.78, 5) is 0. The number of ether oxygens (including phenoxy) is 2. The van der Waals surface area contributed by atoms with E-state index in [1.54, 1.807) is 0 Å². The average molecular weight is 237 g/mol. The van der Waals surface area contributed by atoms with Crippen LogP contribution in [0.3, 0.4) is 0 Å². The van der Waals surface area contributed by atoms with Gasteiger partial charge >= 0.3 is 0 Å². The minimum atomic E-state index is 0.482. The number of rotatable bonds is 4. The second-order valence-electron chi connectivity index (χ2n) is 5.48. The predicted molar refractivity (Wildman–Crippen MR) is 66.7 cm³/mol. The van der Waals surface area contributed by atoms with E-state index >= 15 is 0 Å². The quantitative estimate of drug-likeness (QED) is 0.813. The molecule has 2 bridgehead atoms. The van der Waals surface area contributed by atoms with Gasteiger partial charge in [0.15, 0.2) is 0 Å². The van der Waals surface area contributed by atoms with Crippen LogP contribution in [0.1, 0.15) is 39.0 Å². The highest BCUT2D eigenvalue weighted by atomic mass is 16.5. The van der Waals surface area contributed by atoms with Gasteiger partial charge in [0, 0.05) is 12.0 Å². The summed E-state index contributed by atoms with van der Waals surface area (Å²) in [5, 5.41) is 3.65. The van der Waals surface area contributed by atoms with Gasteiger partial charge in [0.2, 0.25) is 0 Å². The van der Waals surface area contributed by atoms with Crippen LogP contribution in [0.5, 0.6) is 0 Å². The number of likely N-dealkylation sites (N-methyl/N-ethyl adjacent to an activating group) is 1. The second kappa shape index (κ2) is 4.99. The van der Waals surface area contributed by atoms with E-state index in [2.05, 4.69) is 12.2 Å². The van der Waals surface area contributed by atoms with Crippen LogP contribution in [0, 0.1) is 5.92 Å². The van der Waals surface area contributed by atoms with Gasteiger partial charge in [-0.25, -0.2) is 0 Å². The molecule has 2 fully saturated rings. The lowest BCUT2D eigenvalue weighted by molar-refractivity contribution is 0.0871. The molecular formula is C14H23NO2. The van der Waals surface area contributed by atoms with E-state index in [-0.39, 0.29) is 0 Å². The lowest BCUT2D eigenvalue weighted by Crippen LogP contribution is -2.42. The molecule has 4 atom stereocenters. The van der Waals surface area contributed by atoms with Crippen molar-refractivity contribution in [3.05, 3.63) is 11.8 Å². The summed E-state index contributed by atoms with van der Waals surface area (Å²) < 4.78 is 11.5. The second-order valence-corrected chi connectivity index (χ2v) is 5.48. The maximum Gasteiger partial charge on any atom is 0.0876 e. The van der Waals surface area contributed by atoms with Crippen molar-refractivity contribution in [2.45, 2.75) is 57.3 Å². The van der Waals surface area contributed by atoms with E-state index in [0.717, 1.165) is 19.6 Å². The van der Waals surface area contributed by atoms with Crippen LogP contribution < -0.4 is 5.32 Å². The maximum absolute atomic E-state index is 5.99. The van der Waals surface area contributed by atoms with E-state index in [1.807, 2.05) is 6.26 Å². The summed E-state index contributed by atoms with van der Waals surface area (Å²) in [7, 11) is 0. The summed E-state index contributed by atoms with van der Waals surface area (Å²) in [6.45, 7) is 4.09. The molecule has 2 saturated heterocycles. The molecule has 3 aliphatic heterocycles. The van der Waals surface area contributed by atoms with Gasteiger partial charge in [-0.3, -0.25) is 0 Å². The fraction of sp³-hybridized carbons (Fsp3) is 0.857. The van der Waals surface area contributed by atoms with Crippen molar-refractivity contribution in [1.29, 1.82) is 0 Å². The van der Waals surface area contributed by atoms with E-state index in [4.69, 9.17) is 9.47 Å². The molecule has 0 aromatic carbocycles. The Labute approximate surface area is 104 Å². The molecule has 1 N–H and O–H groups in total. The topological polar surface area (TPSA) is 30.5 Å². The van der Waals surface area contributed by atoms with E-state index in [9.17, 15) is 0 Å². The molecular weight excluding hydrogens is 214 g/mol. The number of nitrogens with one attached hydrogen (secondary N) is 1. The van der Waals surface area contributed by atoms with Gasteiger partial charge in [-0.15, -0.1) is 0 Å². The van der Waals surface area contributed by atoms with Gasteiger partial charge in [-0.1, -0.05) is 6.92 Å². The number of hydrogen-bond acceptors (Lipinski definition) is 3. The summed E-state index contributed by atoms with van der Waals surface area (Å²) >= 11 is 0. The Bertz CT molecular complexity index is 303. The molecule has 0 aromatic heterocycles. The Morgan fingerprint density at radius 2 is 2.41 bits per heavy atom. The molecule has 0 amide bonds. The van der Waals surface area contributed by atoms with Gasteiger partial charge in [-0.05, 0) is 44.2 Å². The average Bonchev–Trinajstić information content (AvgIpc) is 2.99. The van der Waals surface area contributed by atoms with Gasteiger partial charge in [0.1, 0.15) is 0 Å². The zero-order valence-corrected chi connectivity index (χ0v) is 10.7. The zero-order chi connectivity index (χ0) is 11.7. The largest absolute Gasteiger partial charge is 0.501 e. The Morgan fingerprint density at radius 3 is 3.00 bits per heavy atom. The number of fused-ring (bicyclic) bond motifs is 2. The molecule has 3 rings (SSSR count). The third-order valence-electron chi connectivity index (χ3n) is 4.37. The van der Waals surface area contributed by atoms with E-state index < -0.39 is 0 Å². The van der Waals surface area contributed by atoms with Crippen molar-refractivity contribution in [3.63, 3.8) is 0 Å². The highest BCUT2D eigenvalue weighted by molar-refractivity contribution is 5.15. The fourth-order valence-electron chi connectivity index (χ4n) is 3.62. The van der Waals surface area contributed by atoms with Crippen LogP contribution in [0.15, 0.2) is 11.8 Å². The summed E-state index contributed by atoms with van der Waals surface area (Å²) in [5.74, 6) is 0.668. The standard InChI is InChI=1S/C14H23NO2/c1-2-15-14(10-4-3-7-16-9-10)12-8-11-5-6-13(12)17-11/h9,11-15H,2-8H2,1H3. The molecule has 4 unspecified atom stereocenters. The van der Waals surface area contributed by atoms with E-state index in [0.29, 0.717) is 24.2 Å². The minimum absolute atomic E-state index is 0.482. The minimum Gasteiger partial charge on any atom is -0.501 e. The summed E-state index contributed by atoms with van der Waals surface area (Å²) in [6.07, 6.45) is 9.15. The van der Waals surface area contributed by atoms with E-state index in [1.165, 1.54) is 31.3 Å². The maximum atomic E-state index is 5.99. The van der Waals surface area contributed by atoms with Crippen LogP contribution >= 0.6 is 0 Å². The Kier molecular flexibility index (Phi) is 3.39. The van der Waals surface area contributed by atoms with Gasteiger partial charge in [0.25, 0.3) is 0 Å². The Balaban J connectivity index is 1.73. The van der Waals surface area contributed by atoms with Gasteiger partial charge in [0.05, 0.1) is 25.1 Å². The zero-order valence-electron chi connectivity index (χ0n) is 10.7. The molecule has 3 heterocycles. The lowest BCUT2D eigenvalue weighted by Gasteiger charge is -2.32. The van der Waals surface area contributed by atoms with Crippen molar-refractivity contribution in [3.8, 4) is 0 Å². The smallest absolute Gasteiger partial charge is 0.0876 e. The first-order valence-corrected chi connectivity index (χ1v) is 7.08. The molecule has 0 radical (unpaired) electrons. The van der Waals surface area contributed by atoms with Crippen molar-refractivity contribution in [2.75, 3.05) is 13.2 Å². The first-order chi connectivity index (χ1) is 8.38. The lowest BCUT2D eigenvalue weighted by atomic mass is 9.80. The molecule has 0 aromatic rings. The SMILES string of the molecule is CCNC(C1=COCCC1)C1CC2CCC1O2. The molecule has 0 aliphatic carbocycles. The van der Waals surface area contributed by atoms with Crippen molar-refractivity contribution >= 4 is 0 Å². The summed E-state index contributed by atoms with van der Waals surface area (Å²) in [6, 6.07) is 0.482. The molecule has 0 spiro atoms. The third kappa shape index (κ3) is 2.23. The van der Waals surface area contributed by atoms with Crippen molar-refractivity contribution in [2.24, 2.45) is 5.92 Å². The third-order valence-corrected chi connectivity index (χ3v) is 4.37. The monoisotopic (exact) mass is 237 g/mol. The van der Waals surface area contributed by atoms with Gasteiger partial charge in [-0.2, -0.15) is 0 Å². The fourth-order valence-corrected chi connectivity index (χ4v) is 3.62. The van der Waals surface area contributed by atoms with Crippen LogP contribution in [-0.4, -0.2) is 31.4 Å². The van der Waals surface area contributed by atoms with Crippen LogP contribution in [0.2, 0.25) is 0 Å². The number of hydrogen-bond donors (Lipinski definition) is 1. The molecule has 0 saturated carbocycles.